The number of hydrogen-bond donors (Lipinski definition) is 0. The Balaban J connectivity index is 1.84. The Morgan fingerprint density at radius 3 is 2.73 bits per heavy atom. The molecule has 3 heteroatoms. The minimum absolute atomic E-state index is 0.341. The maximum absolute atomic E-state index is 5.82. The number of allylic oxidation sites excluding steroid dienone is 3. The van der Waals surface area contributed by atoms with E-state index in [1.165, 1.54) is 5.56 Å². The smallest absolute Gasteiger partial charge is 0.194 e. The Kier molecular flexibility index (Phi) is 6.01. The lowest BCUT2D eigenvalue weighted by molar-refractivity contribution is 0.210. The van der Waals surface area contributed by atoms with Crippen LogP contribution < -0.4 is 0 Å². The third kappa shape index (κ3) is 5.24. The van der Waals surface area contributed by atoms with Crippen molar-refractivity contribution in [2.45, 2.75) is 33.8 Å². The second-order valence-electron chi connectivity index (χ2n) is 5.37. The van der Waals surface area contributed by atoms with Gasteiger partial charge in [0.1, 0.15) is 18.1 Å². The molecule has 0 bridgehead atoms. The average Bonchev–Trinajstić information content (AvgIpc) is 2.93. The lowest BCUT2D eigenvalue weighted by Gasteiger charge is -2.08. The quantitative estimate of drug-likeness (QED) is 0.542. The molecule has 1 atom stereocenters. The van der Waals surface area contributed by atoms with Gasteiger partial charge in [0.2, 0.25) is 0 Å². The summed E-state index contributed by atoms with van der Waals surface area (Å²) in [5.74, 6) is 2.85. The Hall–Kier alpha value is -2.29. The van der Waals surface area contributed by atoms with Gasteiger partial charge in [0, 0.05) is 6.42 Å². The molecular weight excluding hydrogens is 274 g/mol. The molecule has 0 N–H and O–H groups in total. The molecule has 0 amide bonds. The van der Waals surface area contributed by atoms with Crippen LogP contribution >= 0.6 is 0 Å². The minimum atomic E-state index is 0.341. The van der Waals surface area contributed by atoms with Crippen molar-refractivity contribution in [1.82, 2.24) is 4.98 Å². The van der Waals surface area contributed by atoms with Gasteiger partial charge >= 0.3 is 0 Å². The van der Waals surface area contributed by atoms with Crippen LogP contribution in [0.25, 0.3) is 0 Å². The number of rotatable bonds is 7. The van der Waals surface area contributed by atoms with Crippen molar-refractivity contribution in [3.63, 3.8) is 0 Å². The number of aryl methyl sites for hydroxylation is 1. The molecular formula is C19H23NO2. The predicted molar refractivity (Wildman–Crippen MR) is 88.2 cm³/mol. The van der Waals surface area contributed by atoms with E-state index in [1.54, 1.807) is 6.20 Å². The Labute approximate surface area is 132 Å². The summed E-state index contributed by atoms with van der Waals surface area (Å²) < 4.78 is 11.3. The van der Waals surface area contributed by atoms with Crippen molar-refractivity contribution in [3.05, 3.63) is 77.7 Å². The first kappa shape index (κ1) is 16.1. The lowest BCUT2D eigenvalue weighted by Crippen LogP contribution is -1.97. The minimum Gasteiger partial charge on any atom is -0.489 e. The first-order chi connectivity index (χ1) is 10.7. The monoisotopic (exact) mass is 297 g/mol. The van der Waals surface area contributed by atoms with Crippen LogP contribution in [0.5, 0.6) is 0 Å². The van der Waals surface area contributed by atoms with Crippen LogP contribution in [0.15, 0.2) is 64.9 Å². The van der Waals surface area contributed by atoms with Crippen LogP contribution in [0.2, 0.25) is 0 Å². The molecule has 3 nitrogen and oxygen atoms in total. The van der Waals surface area contributed by atoms with E-state index >= 15 is 0 Å². The Morgan fingerprint density at radius 2 is 2.09 bits per heavy atom. The molecule has 0 spiro atoms. The molecule has 0 fully saturated rings. The highest BCUT2D eigenvalue weighted by Crippen LogP contribution is 2.13. The van der Waals surface area contributed by atoms with Crippen LogP contribution in [0.4, 0.5) is 0 Å². The fraction of sp³-hybridized carbons (Fsp3) is 0.316. The zero-order valence-electron chi connectivity index (χ0n) is 13.5. The van der Waals surface area contributed by atoms with E-state index < -0.39 is 0 Å². The number of hydrogen-bond acceptors (Lipinski definition) is 3. The van der Waals surface area contributed by atoms with E-state index in [0.717, 1.165) is 23.8 Å². The van der Waals surface area contributed by atoms with E-state index in [-0.39, 0.29) is 0 Å². The summed E-state index contributed by atoms with van der Waals surface area (Å²) in [6, 6.07) is 10.2. The zero-order chi connectivity index (χ0) is 15.8. The van der Waals surface area contributed by atoms with Crippen LogP contribution in [0.3, 0.4) is 0 Å². The average molecular weight is 297 g/mol. The summed E-state index contributed by atoms with van der Waals surface area (Å²) >= 11 is 0. The SMILES string of the molecule is C/C=C(\C=C/C(C)Cc1ncc(C)o1)OCc1ccccc1. The van der Waals surface area contributed by atoms with Crippen LogP contribution in [0, 0.1) is 12.8 Å². The third-order valence-corrected chi connectivity index (χ3v) is 3.29. The lowest BCUT2D eigenvalue weighted by atomic mass is 10.1. The normalized spacial score (nSPS) is 13.5. The summed E-state index contributed by atoms with van der Waals surface area (Å²) in [6.45, 7) is 6.61. The fourth-order valence-corrected chi connectivity index (χ4v) is 2.07. The summed E-state index contributed by atoms with van der Waals surface area (Å²) in [5.41, 5.74) is 1.17. The van der Waals surface area contributed by atoms with E-state index in [9.17, 15) is 0 Å². The number of nitrogens with zero attached hydrogens (tertiary/aromatic N) is 1. The highest BCUT2D eigenvalue weighted by atomic mass is 16.5. The van der Waals surface area contributed by atoms with E-state index in [0.29, 0.717) is 12.5 Å². The predicted octanol–water partition coefficient (Wildman–Crippen LogP) is 4.84. The number of benzene rings is 1. The van der Waals surface area contributed by atoms with Crippen molar-refractivity contribution >= 4 is 0 Å². The molecule has 22 heavy (non-hydrogen) atoms. The van der Waals surface area contributed by atoms with Gasteiger partial charge in [0.05, 0.1) is 6.20 Å². The van der Waals surface area contributed by atoms with Crippen molar-refractivity contribution in [2.75, 3.05) is 0 Å². The largest absolute Gasteiger partial charge is 0.489 e. The van der Waals surface area contributed by atoms with Crippen LogP contribution in [-0.2, 0) is 17.8 Å². The molecule has 1 heterocycles. The highest BCUT2D eigenvalue weighted by Gasteiger charge is 2.05. The zero-order valence-corrected chi connectivity index (χ0v) is 13.5. The number of aromatic nitrogens is 1. The fourth-order valence-electron chi connectivity index (χ4n) is 2.07. The molecule has 1 aromatic heterocycles. The topological polar surface area (TPSA) is 35.3 Å². The maximum Gasteiger partial charge on any atom is 0.194 e. The van der Waals surface area contributed by atoms with Gasteiger partial charge in [-0.05, 0) is 37.5 Å². The Bertz CT molecular complexity index is 626. The molecule has 0 saturated heterocycles. The molecule has 2 aromatic rings. The van der Waals surface area contributed by atoms with Gasteiger partial charge in [-0.1, -0.05) is 43.3 Å². The number of ether oxygens (including phenoxy) is 1. The van der Waals surface area contributed by atoms with Crippen molar-refractivity contribution in [3.8, 4) is 0 Å². The molecule has 0 radical (unpaired) electrons. The standard InChI is InChI=1S/C19H23NO2/c1-4-18(21-14-17-8-6-5-7-9-17)11-10-15(2)12-19-20-13-16(3)22-19/h4-11,13,15H,12,14H2,1-3H3/b11-10-,18-4+. The molecule has 0 aliphatic rings. The van der Waals surface area contributed by atoms with Gasteiger partial charge in [0.15, 0.2) is 5.89 Å². The molecule has 2 rings (SSSR count). The van der Waals surface area contributed by atoms with E-state index in [2.05, 4.69) is 30.1 Å². The summed E-state index contributed by atoms with van der Waals surface area (Å²) in [7, 11) is 0. The summed E-state index contributed by atoms with van der Waals surface area (Å²) in [6.07, 6.45) is 8.66. The van der Waals surface area contributed by atoms with Gasteiger partial charge in [-0.3, -0.25) is 0 Å². The molecule has 1 aromatic carbocycles. The summed E-state index contributed by atoms with van der Waals surface area (Å²) in [4.78, 5) is 4.23. The third-order valence-electron chi connectivity index (χ3n) is 3.29. The number of oxazole rings is 1. The molecule has 1 unspecified atom stereocenters. The second kappa shape index (κ2) is 8.23. The van der Waals surface area contributed by atoms with Gasteiger partial charge in [0.25, 0.3) is 0 Å². The van der Waals surface area contributed by atoms with Gasteiger partial charge in [-0.15, -0.1) is 0 Å². The second-order valence-corrected chi connectivity index (χ2v) is 5.37. The van der Waals surface area contributed by atoms with Crippen molar-refractivity contribution in [1.29, 1.82) is 0 Å². The van der Waals surface area contributed by atoms with Gasteiger partial charge in [-0.2, -0.15) is 0 Å². The molecule has 0 aliphatic carbocycles. The van der Waals surface area contributed by atoms with Crippen LogP contribution in [-0.4, -0.2) is 4.98 Å². The first-order valence-electron chi connectivity index (χ1n) is 7.60. The van der Waals surface area contributed by atoms with Gasteiger partial charge in [-0.25, -0.2) is 4.98 Å². The molecule has 0 aliphatic heterocycles. The van der Waals surface area contributed by atoms with Gasteiger partial charge < -0.3 is 9.15 Å². The van der Waals surface area contributed by atoms with E-state index in [4.69, 9.17) is 9.15 Å². The Morgan fingerprint density at radius 1 is 1.32 bits per heavy atom. The summed E-state index contributed by atoms with van der Waals surface area (Å²) in [5, 5.41) is 0. The molecule has 116 valence electrons. The molecule has 0 saturated carbocycles. The van der Waals surface area contributed by atoms with E-state index in [1.807, 2.05) is 44.2 Å². The first-order valence-corrected chi connectivity index (χ1v) is 7.60. The van der Waals surface area contributed by atoms with Crippen molar-refractivity contribution < 1.29 is 9.15 Å². The maximum atomic E-state index is 5.82. The van der Waals surface area contributed by atoms with Crippen LogP contribution in [0.1, 0.15) is 31.1 Å². The highest BCUT2D eigenvalue weighted by molar-refractivity contribution is 5.16. The van der Waals surface area contributed by atoms with Crippen molar-refractivity contribution in [2.24, 2.45) is 5.92 Å².